The number of aromatic nitrogens is 1. The van der Waals surface area contributed by atoms with Crippen molar-refractivity contribution in [3.63, 3.8) is 0 Å². The van der Waals surface area contributed by atoms with Crippen LogP contribution in [-0.2, 0) is 16.6 Å². The summed E-state index contributed by atoms with van der Waals surface area (Å²) in [7, 11) is -3.55. The fraction of sp³-hybridized carbons (Fsp3) is 0.308. The molecule has 2 aromatic rings. The van der Waals surface area contributed by atoms with Gasteiger partial charge in [0.15, 0.2) is 0 Å². The highest BCUT2D eigenvalue weighted by Crippen LogP contribution is 2.16. The number of nitrogens with zero attached hydrogens (tertiary/aromatic N) is 1. The summed E-state index contributed by atoms with van der Waals surface area (Å²) in [4.78, 5) is 4.45. The molecule has 0 spiro atoms. The van der Waals surface area contributed by atoms with E-state index >= 15 is 0 Å². The zero-order chi connectivity index (χ0) is 14.8. The molecule has 0 fully saturated rings. The third-order valence-electron chi connectivity index (χ3n) is 2.80. The van der Waals surface area contributed by atoms with Crippen LogP contribution in [0.4, 0.5) is 0 Å². The number of aryl methyl sites for hydroxylation is 1. The van der Waals surface area contributed by atoms with Gasteiger partial charge in [-0.25, -0.2) is 18.1 Å². The lowest BCUT2D eigenvalue weighted by Gasteiger charge is -2.09. The van der Waals surface area contributed by atoms with Crippen molar-refractivity contribution in [2.45, 2.75) is 31.3 Å². The van der Waals surface area contributed by atoms with Crippen LogP contribution in [0.1, 0.15) is 29.2 Å². The summed E-state index contributed by atoms with van der Waals surface area (Å²) in [6, 6.07) is 6.46. The first-order valence-electron chi connectivity index (χ1n) is 6.15. The van der Waals surface area contributed by atoms with E-state index in [-0.39, 0.29) is 17.5 Å². The van der Waals surface area contributed by atoms with Crippen LogP contribution in [0.25, 0.3) is 0 Å². The molecule has 0 aliphatic heterocycles. The summed E-state index contributed by atoms with van der Waals surface area (Å²) in [5, 5.41) is 2.76. The smallest absolute Gasteiger partial charge is 0.240 e. The number of nitrogens with one attached hydrogen (secondary N) is 1. The standard InChI is InChI=1S/C13H17N3O2S2/c1-9(14)11-4-3-5-13(6-11)20(17,18)15-7-12-8-19-10(2)16-12/h3-6,8-9,15H,7,14H2,1-2H3. The molecular formula is C13H17N3O2S2. The molecule has 0 bridgehead atoms. The van der Waals surface area contributed by atoms with Gasteiger partial charge in [-0.15, -0.1) is 11.3 Å². The quantitative estimate of drug-likeness (QED) is 0.884. The zero-order valence-electron chi connectivity index (χ0n) is 11.3. The van der Waals surface area contributed by atoms with Gasteiger partial charge in [-0.1, -0.05) is 12.1 Å². The molecule has 2 rings (SSSR count). The van der Waals surface area contributed by atoms with Crippen molar-refractivity contribution in [2.75, 3.05) is 0 Å². The van der Waals surface area contributed by atoms with Gasteiger partial charge >= 0.3 is 0 Å². The Morgan fingerprint density at radius 2 is 2.20 bits per heavy atom. The van der Waals surface area contributed by atoms with Crippen molar-refractivity contribution in [3.05, 3.63) is 45.9 Å². The highest BCUT2D eigenvalue weighted by Gasteiger charge is 2.15. The zero-order valence-corrected chi connectivity index (χ0v) is 13.0. The molecule has 5 nitrogen and oxygen atoms in total. The maximum atomic E-state index is 12.2. The molecular weight excluding hydrogens is 294 g/mol. The molecule has 3 N–H and O–H groups in total. The van der Waals surface area contributed by atoms with Crippen LogP contribution in [0, 0.1) is 6.92 Å². The molecule has 0 aliphatic carbocycles. The van der Waals surface area contributed by atoms with Gasteiger partial charge in [0.25, 0.3) is 0 Å². The molecule has 0 radical (unpaired) electrons. The fourth-order valence-electron chi connectivity index (χ4n) is 1.71. The van der Waals surface area contributed by atoms with E-state index in [1.807, 2.05) is 25.3 Å². The minimum Gasteiger partial charge on any atom is -0.324 e. The molecule has 0 saturated heterocycles. The highest BCUT2D eigenvalue weighted by molar-refractivity contribution is 7.89. The molecule has 20 heavy (non-hydrogen) atoms. The minimum absolute atomic E-state index is 0.190. The van der Waals surface area contributed by atoms with E-state index < -0.39 is 10.0 Å². The van der Waals surface area contributed by atoms with E-state index in [9.17, 15) is 8.42 Å². The molecule has 7 heteroatoms. The van der Waals surface area contributed by atoms with Crippen molar-refractivity contribution < 1.29 is 8.42 Å². The highest BCUT2D eigenvalue weighted by atomic mass is 32.2. The van der Waals surface area contributed by atoms with Crippen molar-refractivity contribution in [2.24, 2.45) is 5.73 Å². The van der Waals surface area contributed by atoms with Gasteiger partial charge in [0, 0.05) is 11.4 Å². The molecule has 1 heterocycles. The molecule has 1 atom stereocenters. The lowest BCUT2D eigenvalue weighted by atomic mass is 10.1. The summed E-state index contributed by atoms with van der Waals surface area (Å²) in [6.07, 6.45) is 0. The Hall–Kier alpha value is -1.28. The lowest BCUT2D eigenvalue weighted by molar-refractivity contribution is 0.580. The summed E-state index contributed by atoms with van der Waals surface area (Å²) in [5.74, 6) is 0. The van der Waals surface area contributed by atoms with Gasteiger partial charge in [-0.05, 0) is 31.5 Å². The average Bonchev–Trinajstić information content (AvgIpc) is 2.82. The Kier molecular flexibility index (Phi) is 4.54. The third-order valence-corrected chi connectivity index (χ3v) is 5.03. The van der Waals surface area contributed by atoms with Gasteiger partial charge in [-0.2, -0.15) is 0 Å². The first-order chi connectivity index (χ1) is 9.38. The molecule has 1 unspecified atom stereocenters. The Bertz CT molecular complexity index is 693. The van der Waals surface area contributed by atoms with E-state index in [4.69, 9.17) is 5.73 Å². The monoisotopic (exact) mass is 311 g/mol. The normalized spacial score (nSPS) is 13.3. The molecule has 0 saturated carbocycles. The molecule has 108 valence electrons. The summed E-state index contributed by atoms with van der Waals surface area (Å²) >= 11 is 1.49. The van der Waals surface area contributed by atoms with E-state index in [0.29, 0.717) is 0 Å². The second-order valence-electron chi connectivity index (χ2n) is 4.54. The molecule has 0 aliphatic rings. The van der Waals surface area contributed by atoms with Crippen molar-refractivity contribution in [3.8, 4) is 0 Å². The van der Waals surface area contributed by atoms with E-state index in [2.05, 4.69) is 9.71 Å². The van der Waals surface area contributed by atoms with Gasteiger partial charge in [0.05, 0.1) is 22.1 Å². The van der Waals surface area contributed by atoms with Gasteiger partial charge in [0.1, 0.15) is 0 Å². The Morgan fingerprint density at radius 3 is 2.80 bits per heavy atom. The van der Waals surface area contributed by atoms with E-state index in [1.54, 1.807) is 18.2 Å². The van der Waals surface area contributed by atoms with Gasteiger partial charge in [0.2, 0.25) is 10.0 Å². The first kappa shape index (κ1) is 15.1. The predicted octanol–water partition coefficient (Wildman–Crippen LogP) is 1.95. The fourth-order valence-corrected chi connectivity index (χ4v) is 3.37. The van der Waals surface area contributed by atoms with Crippen molar-refractivity contribution in [1.82, 2.24) is 9.71 Å². The molecule has 1 aromatic carbocycles. The number of nitrogens with two attached hydrogens (primary N) is 1. The van der Waals surface area contributed by atoms with Gasteiger partial charge in [-0.3, -0.25) is 0 Å². The first-order valence-corrected chi connectivity index (χ1v) is 8.51. The number of rotatable bonds is 5. The minimum atomic E-state index is -3.55. The van der Waals surface area contributed by atoms with E-state index in [1.165, 1.54) is 11.3 Å². The van der Waals surface area contributed by atoms with Crippen LogP contribution in [0.2, 0.25) is 0 Å². The van der Waals surface area contributed by atoms with Crippen molar-refractivity contribution >= 4 is 21.4 Å². The summed E-state index contributed by atoms with van der Waals surface area (Å²) < 4.78 is 27.0. The number of benzene rings is 1. The van der Waals surface area contributed by atoms with E-state index in [0.717, 1.165) is 16.3 Å². The third kappa shape index (κ3) is 3.63. The SMILES string of the molecule is Cc1nc(CNS(=O)(=O)c2cccc(C(C)N)c2)cs1. The van der Waals surface area contributed by atoms with Crippen LogP contribution in [0.3, 0.4) is 0 Å². The van der Waals surface area contributed by atoms with Crippen LogP contribution in [0.5, 0.6) is 0 Å². The van der Waals surface area contributed by atoms with Crippen LogP contribution < -0.4 is 10.5 Å². The second-order valence-corrected chi connectivity index (χ2v) is 7.37. The maximum Gasteiger partial charge on any atom is 0.240 e. The number of hydrogen-bond donors (Lipinski definition) is 2. The average molecular weight is 311 g/mol. The maximum absolute atomic E-state index is 12.2. The van der Waals surface area contributed by atoms with Crippen LogP contribution in [-0.4, -0.2) is 13.4 Å². The van der Waals surface area contributed by atoms with Crippen LogP contribution >= 0.6 is 11.3 Å². The Balaban J connectivity index is 2.15. The topological polar surface area (TPSA) is 85.1 Å². The number of sulfonamides is 1. The predicted molar refractivity (Wildman–Crippen MR) is 79.9 cm³/mol. The second kappa shape index (κ2) is 6.01. The number of thiazole rings is 1. The lowest BCUT2D eigenvalue weighted by Crippen LogP contribution is -2.23. The number of hydrogen-bond acceptors (Lipinski definition) is 5. The largest absolute Gasteiger partial charge is 0.324 e. The Morgan fingerprint density at radius 1 is 1.45 bits per heavy atom. The summed E-state index contributed by atoms with van der Waals surface area (Å²) in [5.41, 5.74) is 7.28. The Labute approximate surface area is 122 Å². The van der Waals surface area contributed by atoms with Gasteiger partial charge < -0.3 is 5.73 Å². The van der Waals surface area contributed by atoms with Crippen LogP contribution in [0.15, 0.2) is 34.5 Å². The van der Waals surface area contributed by atoms with Crippen molar-refractivity contribution in [1.29, 1.82) is 0 Å². The molecule has 0 amide bonds. The summed E-state index contributed by atoms with van der Waals surface area (Å²) in [6.45, 7) is 3.89. The molecule has 1 aromatic heterocycles.